The first kappa shape index (κ1) is 25.4. The Labute approximate surface area is 229 Å². The van der Waals surface area contributed by atoms with Crippen LogP contribution in [0.1, 0.15) is 67.5 Å². The van der Waals surface area contributed by atoms with Gasteiger partial charge in [-0.05, 0) is 91.8 Å². The highest BCUT2D eigenvalue weighted by molar-refractivity contribution is 5.82. The van der Waals surface area contributed by atoms with Gasteiger partial charge in [0.2, 0.25) is 0 Å². The van der Waals surface area contributed by atoms with E-state index >= 15 is 0 Å². The van der Waals surface area contributed by atoms with E-state index in [0.717, 1.165) is 49.7 Å². The van der Waals surface area contributed by atoms with E-state index in [2.05, 4.69) is 26.6 Å². The van der Waals surface area contributed by atoms with E-state index in [1.807, 2.05) is 23.7 Å². The Bertz CT molecular complexity index is 1660. The predicted molar refractivity (Wildman–Crippen MR) is 144 cm³/mol. The third-order valence-electron chi connectivity index (χ3n) is 9.27. The van der Waals surface area contributed by atoms with Crippen molar-refractivity contribution in [2.75, 3.05) is 6.54 Å². The summed E-state index contributed by atoms with van der Waals surface area (Å²) in [5, 5.41) is 11.8. The lowest BCUT2D eigenvalue weighted by atomic mass is 9.43. The summed E-state index contributed by atoms with van der Waals surface area (Å²) in [5.41, 5.74) is 0.310. The highest BCUT2D eigenvalue weighted by Gasteiger charge is 2.60. The molecule has 1 N–H and O–H groups in total. The fourth-order valence-electron chi connectivity index (χ4n) is 6.96. The van der Waals surface area contributed by atoms with Crippen molar-refractivity contribution in [1.82, 2.24) is 29.6 Å². The molecule has 7 nitrogen and oxygen atoms in total. The maximum atomic E-state index is 14.0. The minimum atomic E-state index is -4.62. The van der Waals surface area contributed by atoms with E-state index < -0.39 is 17.3 Å². The van der Waals surface area contributed by atoms with Gasteiger partial charge in [-0.3, -0.25) is 9.36 Å². The van der Waals surface area contributed by atoms with E-state index in [1.165, 1.54) is 30.2 Å². The van der Waals surface area contributed by atoms with Gasteiger partial charge >= 0.3 is 6.18 Å². The van der Waals surface area contributed by atoms with Gasteiger partial charge in [-0.2, -0.15) is 13.2 Å². The lowest BCUT2D eigenvalue weighted by Crippen LogP contribution is -2.54. The lowest BCUT2D eigenvalue weighted by Gasteiger charge is -2.60. The Morgan fingerprint density at radius 2 is 1.90 bits per heavy atom. The quantitative estimate of drug-likeness (QED) is 0.340. The van der Waals surface area contributed by atoms with Crippen molar-refractivity contribution in [3.8, 4) is 5.69 Å². The van der Waals surface area contributed by atoms with Gasteiger partial charge < -0.3 is 9.88 Å². The Morgan fingerprint density at radius 1 is 1.10 bits per heavy atom. The summed E-state index contributed by atoms with van der Waals surface area (Å²) >= 11 is 0. The molecule has 1 spiro atoms. The number of aryl methyl sites for hydroxylation is 1. The molecule has 3 aliphatic rings. The Balaban J connectivity index is 1.30. The summed E-state index contributed by atoms with van der Waals surface area (Å²) in [5.74, 6) is 1.48. The smallest absolute Gasteiger partial charge is 0.320 e. The molecule has 2 heterocycles. The number of hydrogen-bond donors (Lipinski definition) is 1. The number of aromatic nitrogens is 5. The number of alkyl halides is 3. The van der Waals surface area contributed by atoms with Gasteiger partial charge in [-0.1, -0.05) is 18.6 Å². The monoisotopic (exact) mass is 548 g/mol. The zero-order valence-corrected chi connectivity index (χ0v) is 22.3. The molecule has 0 radical (unpaired) electrons. The van der Waals surface area contributed by atoms with Crippen LogP contribution in [0.3, 0.4) is 0 Å². The largest absolute Gasteiger partial charge is 0.418 e. The van der Waals surface area contributed by atoms with Crippen LogP contribution in [0.5, 0.6) is 0 Å². The third-order valence-corrected chi connectivity index (χ3v) is 9.27. The zero-order chi connectivity index (χ0) is 27.7. The summed E-state index contributed by atoms with van der Waals surface area (Å²) < 4.78 is 45.4. The van der Waals surface area contributed by atoms with Crippen LogP contribution in [0.25, 0.3) is 16.6 Å². The first-order valence-electron chi connectivity index (χ1n) is 14.0. The molecular weight excluding hydrogens is 517 g/mol. The van der Waals surface area contributed by atoms with Crippen LogP contribution < -0.4 is 10.9 Å². The van der Waals surface area contributed by atoms with Gasteiger partial charge in [-0.15, -0.1) is 10.2 Å². The standard InChI is InChI=1S/C30H31F3N6O/c1-38-18-36-37-27(38)29(15-28(16-29)8-3-9-28)21-4-2-5-22(12-21)39-17-35-25-23(26(39)40)10-20(11-24(25)30(31,32)33)14-34-13-19-6-7-19/h2,4-5,10-12,17-19,34H,3,6-9,13-16H2,1H3. The summed E-state index contributed by atoms with van der Waals surface area (Å²) in [7, 11) is 1.94. The van der Waals surface area contributed by atoms with Crippen molar-refractivity contribution in [3.63, 3.8) is 0 Å². The van der Waals surface area contributed by atoms with Gasteiger partial charge in [0, 0.05) is 13.6 Å². The summed E-state index contributed by atoms with van der Waals surface area (Å²) in [6.07, 6.45) is 6.17. The number of nitrogens with one attached hydrogen (secondary N) is 1. The SMILES string of the molecule is Cn1cnnc1C1(c2cccc(-n3cnc4c(C(F)(F)F)cc(CNCC5CC5)cc4c3=O)c2)CC2(CCC2)C1. The number of fused-ring (bicyclic) bond motifs is 1. The van der Waals surface area contributed by atoms with Crippen LogP contribution in [0.2, 0.25) is 0 Å². The van der Waals surface area contributed by atoms with Gasteiger partial charge in [-0.25, -0.2) is 4.98 Å². The molecule has 3 saturated carbocycles. The molecule has 10 heteroatoms. The second kappa shape index (κ2) is 8.99. The molecule has 0 aliphatic heterocycles. The van der Waals surface area contributed by atoms with E-state index in [0.29, 0.717) is 22.6 Å². The molecule has 7 rings (SSSR count). The molecule has 0 amide bonds. The van der Waals surface area contributed by atoms with Gasteiger partial charge in [0.05, 0.1) is 27.6 Å². The van der Waals surface area contributed by atoms with Crippen LogP contribution in [0, 0.1) is 11.3 Å². The van der Waals surface area contributed by atoms with E-state index in [9.17, 15) is 18.0 Å². The molecule has 40 heavy (non-hydrogen) atoms. The van der Waals surface area contributed by atoms with Crippen LogP contribution in [-0.2, 0) is 25.2 Å². The second-order valence-electron chi connectivity index (χ2n) is 12.1. The van der Waals surface area contributed by atoms with Crippen molar-refractivity contribution in [2.24, 2.45) is 18.4 Å². The van der Waals surface area contributed by atoms with Gasteiger partial charge in [0.1, 0.15) is 18.5 Å². The normalized spacial score (nSPS) is 19.5. The zero-order valence-electron chi connectivity index (χ0n) is 22.3. The number of hydrogen-bond acceptors (Lipinski definition) is 5. The van der Waals surface area contributed by atoms with Crippen molar-refractivity contribution in [1.29, 1.82) is 0 Å². The van der Waals surface area contributed by atoms with Crippen molar-refractivity contribution >= 4 is 10.9 Å². The molecular formula is C30H31F3N6O. The molecule has 4 aromatic rings. The molecule has 0 bridgehead atoms. The number of halogens is 3. The maximum absolute atomic E-state index is 14.0. The molecule has 2 aromatic carbocycles. The average molecular weight is 549 g/mol. The molecule has 0 saturated heterocycles. The van der Waals surface area contributed by atoms with Gasteiger partial charge in [0.15, 0.2) is 0 Å². The first-order valence-corrected chi connectivity index (χ1v) is 14.0. The van der Waals surface area contributed by atoms with Crippen LogP contribution in [0.15, 0.2) is 53.8 Å². The Kier molecular flexibility index (Phi) is 5.72. The van der Waals surface area contributed by atoms with E-state index in [-0.39, 0.29) is 22.9 Å². The van der Waals surface area contributed by atoms with Gasteiger partial charge in [0.25, 0.3) is 5.56 Å². The molecule has 0 unspecified atom stereocenters. The van der Waals surface area contributed by atoms with Crippen molar-refractivity contribution < 1.29 is 13.2 Å². The molecule has 2 aromatic heterocycles. The van der Waals surface area contributed by atoms with Crippen LogP contribution in [0.4, 0.5) is 13.2 Å². The van der Waals surface area contributed by atoms with Crippen molar-refractivity contribution in [3.05, 3.63) is 81.9 Å². The summed E-state index contributed by atoms with van der Waals surface area (Å²) in [6.45, 7) is 1.03. The first-order chi connectivity index (χ1) is 19.2. The van der Waals surface area contributed by atoms with Crippen LogP contribution in [-0.4, -0.2) is 30.9 Å². The van der Waals surface area contributed by atoms with E-state index in [1.54, 1.807) is 18.5 Å². The number of rotatable bonds is 7. The van der Waals surface area contributed by atoms with Crippen LogP contribution >= 0.6 is 0 Å². The number of benzene rings is 2. The maximum Gasteiger partial charge on any atom is 0.418 e. The molecule has 208 valence electrons. The third kappa shape index (κ3) is 4.15. The predicted octanol–water partition coefficient (Wildman–Crippen LogP) is 5.28. The number of nitrogens with zero attached hydrogens (tertiary/aromatic N) is 5. The molecule has 3 aliphatic carbocycles. The highest BCUT2D eigenvalue weighted by Crippen LogP contribution is 2.66. The summed E-state index contributed by atoms with van der Waals surface area (Å²) in [6, 6.07) is 10.4. The van der Waals surface area contributed by atoms with Crippen molar-refractivity contribution in [2.45, 2.75) is 63.1 Å². The fourth-order valence-corrected chi connectivity index (χ4v) is 6.96. The molecule has 0 atom stereocenters. The highest BCUT2D eigenvalue weighted by atomic mass is 19.4. The second-order valence-corrected chi connectivity index (χ2v) is 12.1. The summed E-state index contributed by atoms with van der Waals surface area (Å²) in [4.78, 5) is 17.9. The van der Waals surface area contributed by atoms with E-state index in [4.69, 9.17) is 0 Å². The average Bonchev–Trinajstić information content (AvgIpc) is 3.61. The minimum absolute atomic E-state index is 0.0361. The minimum Gasteiger partial charge on any atom is -0.320 e. The Hall–Kier alpha value is -3.53. The Morgan fingerprint density at radius 3 is 2.55 bits per heavy atom. The fraction of sp³-hybridized carbons (Fsp3) is 0.467. The topological polar surface area (TPSA) is 77.6 Å². The molecule has 3 fully saturated rings. The lowest BCUT2D eigenvalue weighted by molar-refractivity contribution is -0.136.